The molecule has 6 N–H and O–H groups in total. The molecule has 1 heterocycles. The van der Waals surface area contributed by atoms with Crippen molar-refractivity contribution in [1.29, 1.82) is 0 Å². The van der Waals surface area contributed by atoms with Gasteiger partial charge in [0.2, 0.25) is 0 Å². The van der Waals surface area contributed by atoms with Gasteiger partial charge in [0.1, 0.15) is 11.5 Å². The lowest BCUT2D eigenvalue weighted by Gasteiger charge is -2.30. The van der Waals surface area contributed by atoms with Crippen molar-refractivity contribution in [3.8, 4) is 11.5 Å². The van der Waals surface area contributed by atoms with E-state index < -0.39 is 0 Å². The average molecular weight is 317 g/mol. The van der Waals surface area contributed by atoms with Gasteiger partial charge in [-0.1, -0.05) is 36.4 Å². The number of benzene rings is 3. The number of nitrogen functional groups attached to an aromatic ring is 2. The first-order valence-corrected chi connectivity index (χ1v) is 7.92. The van der Waals surface area contributed by atoms with Gasteiger partial charge in [-0.15, -0.1) is 0 Å². The van der Waals surface area contributed by atoms with E-state index in [-0.39, 0.29) is 5.92 Å². The maximum absolute atomic E-state index is 6.07. The van der Waals surface area contributed by atoms with Gasteiger partial charge in [0.25, 0.3) is 0 Å². The van der Waals surface area contributed by atoms with Crippen LogP contribution in [0.4, 0.5) is 11.4 Å². The molecule has 0 aliphatic carbocycles. The van der Waals surface area contributed by atoms with Gasteiger partial charge in [0, 0.05) is 47.1 Å². The van der Waals surface area contributed by atoms with E-state index in [1.807, 2.05) is 48.5 Å². The molecule has 0 saturated carbocycles. The molecule has 0 fully saturated rings. The predicted octanol–water partition coefficient (Wildman–Crippen LogP) is 3.60. The van der Waals surface area contributed by atoms with Crippen LogP contribution in [0.5, 0.6) is 11.5 Å². The molecule has 4 nitrogen and oxygen atoms in total. The molecular weight excluding hydrogens is 298 g/mol. The van der Waals surface area contributed by atoms with Gasteiger partial charge in [0.05, 0.1) is 0 Å². The highest BCUT2D eigenvalue weighted by Gasteiger charge is 2.30. The number of hydrogen-bond acceptors (Lipinski definition) is 4. The normalized spacial score (nSPS) is 13.0. The van der Waals surface area contributed by atoms with Crippen molar-refractivity contribution >= 4 is 11.4 Å². The number of anilines is 2. The first kappa shape index (κ1) is 14.6. The van der Waals surface area contributed by atoms with Crippen LogP contribution in [0.15, 0.2) is 60.7 Å². The zero-order chi connectivity index (χ0) is 16.7. The van der Waals surface area contributed by atoms with Crippen LogP contribution in [0.25, 0.3) is 0 Å². The Kier molecular flexibility index (Phi) is 3.40. The number of ether oxygens (including phenoxy) is 1. The van der Waals surface area contributed by atoms with E-state index in [0.717, 1.165) is 28.2 Å². The van der Waals surface area contributed by atoms with Crippen molar-refractivity contribution in [3.63, 3.8) is 0 Å². The Bertz CT molecular complexity index is 869. The van der Waals surface area contributed by atoms with Crippen LogP contribution in [0, 0.1) is 0 Å². The summed E-state index contributed by atoms with van der Waals surface area (Å²) in [4.78, 5) is 0. The molecule has 0 unspecified atom stereocenters. The molecule has 120 valence electrons. The minimum absolute atomic E-state index is 0.0460. The number of fused-ring (bicyclic) bond motifs is 2. The van der Waals surface area contributed by atoms with Crippen LogP contribution in [0.3, 0.4) is 0 Å². The molecule has 0 bridgehead atoms. The molecule has 4 rings (SSSR count). The number of hydrogen-bond donors (Lipinski definition) is 3. The van der Waals surface area contributed by atoms with Crippen molar-refractivity contribution in [2.75, 3.05) is 11.5 Å². The van der Waals surface area contributed by atoms with E-state index >= 15 is 0 Å². The molecule has 3 aromatic rings. The Morgan fingerprint density at radius 2 is 1.33 bits per heavy atom. The Balaban J connectivity index is 1.99. The summed E-state index contributed by atoms with van der Waals surface area (Å²) >= 11 is 0. The van der Waals surface area contributed by atoms with Gasteiger partial charge in [0.15, 0.2) is 0 Å². The summed E-state index contributed by atoms with van der Waals surface area (Å²) in [5, 5.41) is 0. The van der Waals surface area contributed by atoms with Crippen molar-refractivity contribution in [1.82, 2.24) is 0 Å². The highest BCUT2D eigenvalue weighted by atomic mass is 16.5. The molecule has 4 heteroatoms. The second-order valence-corrected chi connectivity index (χ2v) is 6.03. The zero-order valence-corrected chi connectivity index (χ0v) is 13.2. The second kappa shape index (κ2) is 5.58. The van der Waals surface area contributed by atoms with Crippen LogP contribution in [-0.2, 0) is 6.54 Å². The summed E-state index contributed by atoms with van der Waals surface area (Å²) < 4.78 is 6.07. The molecule has 0 spiro atoms. The number of rotatable bonds is 2. The minimum atomic E-state index is 0.0460. The summed E-state index contributed by atoms with van der Waals surface area (Å²) in [6, 6.07) is 19.8. The van der Waals surface area contributed by atoms with Crippen molar-refractivity contribution < 1.29 is 4.74 Å². The van der Waals surface area contributed by atoms with E-state index in [4.69, 9.17) is 21.9 Å². The third kappa shape index (κ3) is 2.28. The fourth-order valence-electron chi connectivity index (χ4n) is 3.38. The van der Waals surface area contributed by atoms with Gasteiger partial charge < -0.3 is 21.9 Å². The standard InChI is InChI=1S/C20H19N3O/c21-11-12-3-1-2-4-15(12)20-16-7-5-13(22)9-18(16)24-19-10-14(23)6-8-17(19)20/h1-10,20H,11,21-23H2. The molecule has 24 heavy (non-hydrogen) atoms. The van der Waals surface area contributed by atoms with E-state index in [1.54, 1.807) is 0 Å². The number of nitrogens with two attached hydrogens (primary N) is 3. The van der Waals surface area contributed by atoms with Gasteiger partial charge in [-0.2, -0.15) is 0 Å². The quantitative estimate of drug-likeness (QED) is 0.493. The largest absolute Gasteiger partial charge is 0.457 e. The first-order chi connectivity index (χ1) is 11.7. The molecule has 0 aromatic heterocycles. The lowest BCUT2D eigenvalue weighted by atomic mass is 9.80. The topological polar surface area (TPSA) is 87.3 Å². The highest BCUT2D eigenvalue weighted by molar-refractivity contribution is 5.64. The van der Waals surface area contributed by atoms with Crippen molar-refractivity contribution in [2.24, 2.45) is 5.73 Å². The van der Waals surface area contributed by atoms with Gasteiger partial charge >= 0.3 is 0 Å². The minimum Gasteiger partial charge on any atom is -0.457 e. The van der Waals surface area contributed by atoms with Crippen LogP contribution < -0.4 is 21.9 Å². The highest BCUT2D eigenvalue weighted by Crippen LogP contribution is 2.48. The SMILES string of the molecule is NCc1ccccc1C1c2ccc(N)cc2Oc2cc(N)ccc21. The summed E-state index contributed by atoms with van der Waals surface area (Å²) in [6.45, 7) is 0.488. The fraction of sp³-hybridized carbons (Fsp3) is 0.100. The van der Waals surface area contributed by atoms with Crippen LogP contribution in [0.2, 0.25) is 0 Å². The van der Waals surface area contributed by atoms with Crippen molar-refractivity contribution in [3.05, 3.63) is 82.9 Å². The lowest BCUT2D eigenvalue weighted by molar-refractivity contribution is 0.453. The average Bonchev–Trinajstić information content (AvgIpc) is 2.59. The van der Waals surface area contributed by atoms with Crippen LogP contribution in [0.1, 0.15) is 28.2 Å². The monoisotopic (exact) mass is 317 g/mol. The summed E-state index contributed by atoms with van der Waals surface area (Å²) in [6.07, 6.45) is 0. The van der Waals surface area contributed by atoms with E-state index in [2.05, 4.69) is 12.1 Å². The lowest BCUT2D eigenvalue weighted by Crippen LogP contribution is -2.15. The maximum atomic E-state index is 6.07. The smallest absolute Gasteiger partial charge is 0.133 e. The molecule has 0 atom stereocenters. The van der Waals surface area contributed by atoms with Crippen molar-refractivity contribution in [2.45, 2.75) is 12.5 Å². The van der Waals surface area contributed by atoms with E-state index in [9.17, 15) is 0 Å². The Labute approximate surface area is 140 Å². The molecule has 1 aliphatic heterocycles. The second-order valence-electron chi connectivity index (χ2n) is 6.03. The summed E-state index contributed by atoms with van der Waals surface area (Å²) in [7, 11) is 0. The van der Waals surface area contributed by atoms with E-state index in [1.165, 1.54) is 5.56 Å². The molecular formula is C20H19N3O. The third-order valence-corrected chi connectivity index (χ3v) is 4.50. The summed E-state index contributed by atoms with van der Waals surface area (Å²) in [5.41, 5.74) is 23.7. The van der Waals surface area contributed by atoms with E-state index in [0.29, 0.717) is 17.9 Å². The third-order valence-electron chi connectivity index (χ3n) is 4.50. The maximum Gasteiger partial charge on any atom is 0.133 e. The fourth-order valence-corrected chi connectivity index (χ4v) is 3.38. The van der Waals surface area contributed by atoms with Gasteiger partial charge in [-0.3, -0.25) is 0 Å². The Morgan fingerprint density at radius 3 is 1.92 bits per heavy atom. The Morgan fingerprint density at radius 1 is 0.750 bits per heavy atom. The molecule has 0 radical (unpaired) electrons. The molecule has 0 amide bonds. The molecule has 0 saturated heterocycles. The predicted molar refractivity (Wildman–Crippen MR) is 97.1 cm³/mol. The molecule has 1 aliphatic rings. The zero-order valence-electron chi connectivity index (χ0n) is 13.2. The van der Waals surface area contributed by atoms with Gasteiger partial charge in [-0.05, 0) is 23.3 Å². The van der Waals surface area contributed by atoms with Crippen LogP contribution in [-0.4, -0.2) is 0 Å². The Hall–Kier alpha value is -2.98. The summed E-state index contributed by atoms with van der Waals surface area (Å²) in [5.74, 6) is 1.58. The van der Waals surface area contributed by atoms with Crippen LogP contribution >= 0.6 is 0 Å². The molecule has 3 aromatic carbocycles. The first-order valence-electron chi connectivity index (χ1n) is 7.92. The van der Waals surface area contributed by atoms with Gasteiger partial charge in [-0.25, -0.2) is 0 Å².